The fraction of sp³-hybridized carbons (Fsp3) is 0.462. The van der Waals surface area contributed by atoms with Crippen molar-refractivity contribution in [2.45, 2.75) is 62.5 Å². The average molecular weight is 537 g/mol. The Balaban J connectivity index is 1.72. The van der Waals surface area contributed by atoms with Crippen molar-refractivity contribution in [3.8, 4) is 0 Å². The quantitative estimate of drug-likeness (QED) is 0.395. The Morgan fingerprint density at radius 2 is 1.89 bits per heavy atom. The van der Waals surface area contributed by atoms with Crippen molar-refractivity contribution < 1.29 is 27.1 Å². The molecule has 0 bridgehead atoms. The number of carbonyl (C=O) groups is 2. The first-order valence-electron chi connectivity index (χ1n) is 12.2. The van der Waals surface area contributed by atoms with E-state index in [0.29, 0.717) is 24.3 Å². The number of nitrogens with zero attached hydrogens (tertiary/aromatic N) is 2. The molecule has 2 aliphatic rings. The Kier molecular flexibility index (Phi) is 8.32. The highest BCUT2D eigenvalue weighted by atomic mass is 35.5. The zero-order chi connectivity index (χ0) is 25.9. The summed E-state index contributed by atoms with van der Waals surface area (Å²) < 4.78 is 48.7. The van der Waals surface area contributed by atoms with E-state index in [2.05, 4.69) is 0 Å². The highest BCUT2D eigenvalue weighted by molar-refractivity contribution is 7.93. The second-order valence-electron chi connectivity index (χ2n) is 9.17. The van der Waals surface area contributed by atoms with Crippen LogP contribution in [0.1, 0.15) is 50.6 Å². The number of hydrogen-bond acceptors (Lipinski definition) is 5. The van der Waals surface area contributed by atoms with Gasteiger partial charge in [-0.2, -0.15) is 0 Å². The molecule has 2 fully saturated rings. The second kappa shape index (κ2) is 11.3. The van der Waals surface area contributed by atoms with Crippen LogP contribution in [-0.4, -0.2) is 56.1 Å². The number of carbonyl (C=O) groups excluding carboxylic acids is 2. The number of morpholine rings is 1. The molecule has 2 aromatic carbocycles. The lowest BCUT2D eigenvalue weighted by molar-refractivity contribution is -0.164. The molecule has 1 saturated heterocycles. The number of para-hydroxylation sites is 1. The van der Waals surface area contributed by atoms with Gasteiger partial charge in [-0.25, -0.2) is 12.8 Å². The number of ether oxygens (including phenoxy) is 1. The topological polar surface area (TPSA) is 84.0 Å². The van der Waals surface area contributed by atoms with E-state index in [9.17, 15) is 22.4 Å². The van der Waals surface area contributed by atoms with E-state index >= 15 is 0 Å². The summed E-state index contributed by atoms with van der Waals surface area (Å²) in [5.74, 6) is -0.949. The predicted molar refractivity (Wildman–Crippen MR) is 136 cm³/mol. The van der Waals surface area contributed by atoms with Gasteiger partial charge in [0.15, 0.2) is 0 Å². The van der Waals surface area contributed by atoms with Crippen LogP contribution >= 0.6 is 11.6 Å². The molecule has 7 nitrogen and oxygen atoms in total. The summed E-state index contributed by atoms with van der Waals surface area (Å²) >= 11 is 6.07. The molecular weight excluding hydrogens is 507 g/mol. The van der Waals surface area contributed by atoms with Crippen molar-refractivity contribution in [2.75, 3.05) is 17.5 Å². The van der Waals surface area contributed by atoms with Gasteiger partial charge in [-0.3, -0.25) is 9.10 Å². The van der Waals surface area contributed by atoms with Gasteiger partial charge in [-0.1, -0.05) is 42.8 Å². The second-order valence-corrected chi connectivity index (χ2v) is 11.7. The van der Waals surface area contributed by atoms with E-state index in [0.717, 1.165) is 16.2 Å². The number of aldehydes is 1. The number of anilines is 1. The SMILES string of the molecule is CC[C@@H](CN(c1ccccc1F)S(=O)(=O)C1CC1)N1C(=O)[C@@H](CCC=O)OC[C@H]1c1ccc(Cl)cc1. The van der Waals surface area contributed by atoms with Gasteiger partial charge in [-0.05, 0) is 55.5 Å². The van der Waals surface area contributed by atoms with E-state index in [1.54, 1.807) is 23.1 Å². The van der Waals surface area contributed by atoms with Gasteiger partial charge in [0.25, 0.3) is 5.91 Å². The van der Waals surface area contributed by atoms with Crippen LogP contribution in [0.4, 0.5) is 10.1 Å². The standard InChI is InChI=1S/C26H30ClFN2O5S/c1-2-20(16-29(36(33,34)21-13-14-21)23-7-4-3-6-22(23)28)30-24(18-9-11-19(27)12-10-18)17-35-25(26(30)32)8-5-15-31/h3-4,6-7,9-12,15,20-21,24-25H,2,5,8,13-14,16-17H2,1H3/t20-,24-,25+/m0/s1. The van der Waals surface area contributed by atoms with Gasteiger partial charge >= 0.3 is 0 Å². The van der Waals surface area contributed by atoms with Crippen molar-refractivity contribution in [2.24, 2.45) is 0 Å². The number of benzene rings is 2. The Morgan fingerprint density at radius 1 is 1.19 bits per heavy atom. The number of halogens is 2. The predicted octanol–water partition coefficient (Wildman–Crippen LogP) is 4.50. The fourth-order valence-electron chi connectivity index (χ4n) is 4.63. The van der Waals surface area contributed by atoms with Gasteiger partial charge in [0, 0.05) is 11.4 Å². The Bertz CT molecular complexity index is 1190. The van der Waals surface area contributed by atoms with Gasteiger partial charge in [0.2, 0.25) is 10.0 Å². The van der Waals surface area contributed by atoms with E-state index in [4.69, 9.17) is 16.3 Å². The fourth-order valence-corrected chi connectivity index (χ4v) is 6.65. The van der Waals surface area contributed by atoms with Gasteiger partial charge in [-0.15, -0.1) is 0 Å². The molecule has 0 aromatic heterocycles. The van der Waals surface area contributed by atoms with Crippen LogP contribution in [0.15, 0.2) is 48.5 Å². The molecule has 194 valence electrons. The summed E-state index contributed by atoms with van der Waals surface area (Å²) in [5, 5.41) is -0.00656. The van der Waals surface area contributed by atoms with Crippen molar-refractivity contribution in [3.63, 3.8) is 0 Å². The third-order valence-corrected chi connectivity index (χ3v) is 9.26. The summed E-state index contributed by atoms with van der Waals surface area (Å²) in [6, 6.07) is 11.8. The summed E-state index contributed by atoms with van der Waals surface area (Å²) in [7, 11) is -3.82. The number of amides is 1. The van der Waals surface area contributed by atoms with E-state index in [1.807, 2.05) is 19.1 Å². The molecule has 2 aromatic rings. The van der Waals surface area contributed by atoms with Crippen LogP contribution in [0.25, 0.3) is 0 Å². The van der Waals surface area contributed by atoms with Gasteiger partial charge in [0.05, 0.1) is 36.2 Å². The first kappa shape index (κ1) is 26.6. The van der Waals surface area contributed by atoms with Crippen molar-refractivity contribution in [3.05, 3.63) is 64.9 Å². The van der Waals surface area contributed by atoms with Crippen LogP contribution in [0, 0.1) is 5.82 Å². The monoisotopic (exact) mass is 536 g/mol. The third-order valence-electron chi connectivity index (χ3n) is 6.74. The highest BCUT2D eigenvalue weighted by Crippen LogP contribution is 2.37. The number of rotatable bonds is 11. The molecule has 3 atom stereocenters. The molecule has 10 heteroatoms. The maximum absolute atomic E-state index is 14.9. The zero-order valence-electron chi connectivity index (χ0n) is 20.1. The van der Waals surface area contributed by atoms with Crippen LogP contribution in [-0.2, 0) is 24.3 Å². The number of sulfonamides is 1. The molecule has 0 unspecified atom stereocenters. The minimum Gasteiger partial charge on any atom is -0.366 e. The van der Waals surface area contributed by atoms with Gasteiger partial charge < -0.3 is 14.4 Å². The lowest BCUT2D eigenvalue weighted by Gasteiger charge is -2.45. The van der Waals surface area contributed by atoms with Crippen molar-refractivity contribution in [1.82, 2.24) is 4.90 Å². The molecule has 0 spiro atoms. The average Bonchev–Trinajstić information content (AvgIpc) is 3.72. The summed E-state index contributed by atoms with van der Waals surface area (Å²) in [6.45, 7) is 1.96. The zero-order valence-corrected chi connectivity index (χ0v) is 21.6. The van der Waals surface area contributed by atoms with Gasteiger partial charge in [0.1, 0.15) is 18.2 Å². The first-order valence-corrected chi connectivity index (χ1v) is 14.0. The maximum Gasteiger partial charge on any atom is 0.252 e. The highest BCUT2D eigenvalue weighted by Gasteiger charge is 2.45. The smallest absolute Gasteiger partial charge is 0.252 e. The lowest BCUT2D eigenvalue weighted by Crippen LogP contribution is -2.57. The Morgan fingerprint density at radius 3 is 2.50 bits per heavy atom. The maximum atomic E-state index is 14.9. The molecule has 0 radical (unpaired) electrons. The molecule has 36 heavy (non-hydrogen) atoms. The lowest BCUT2D eigenvalue weighted by atomic mass is 9.98. The van der Waals surface area contributed by atoms with Crippen molar-refractivity contribution >= 4 is 39.5 Å². The normalized spacial score (nSPS) is 21.3. The third kappa shape index (κ3) is 5.58. The Hall–Kier alpha value is -2.49. The Labute approximate surface area is 216 Å². The van der Waals surface area contributed by atoms with Crippen molar-refractivity contribution in [1.29, 1.82) is 0 Å². The molecule has 4 rings (SSSR count). The largest absolute Gasteiger partial charge is 0.366 e. The van der Waals surface area contributed by atoms with E-state index < -0.39 is 39.3 Å². The van der Waals surface area contributed by atoms with Crippen LogP contribution in [0.2, 0.25) is 5.02 Å². The molecule has 1 aliphatic carbocycles. The van der Waals surface area contributed by atoms with E-state index in [-0.39, 0.29) is 37.6 Å². The minimum atomic E-state index is -3.82. The van der Waals surface area contributed by atoms with E-state index in [1.165, 1.54) is 18.2 Å². The van der Waals surface area contributed by atoms with Crippen LogP contribution < -0.4 is 4.31 Å². The molecule has 1 saturated carbocycles. The molecule has 1 aliphatic heterocycles. The first-order chi connectivity index (χ1) is 17.3. The minimum absolute atomic E-state index is 0.0240. The summed E-state index contributed by atoms with van der Waals surface area (Å²) in [4.78, 5) is 26.3. The van der Waals surface area contributed by atoms with Crippen LogP contribution in [0.3, 0.4) is 0 Å². The molecule has 0 N–H and O–H groups in total. The summed E-state index contributed by atoms with van der Waals surface area (Å²) in [6.07, 6.45) is 1.83. The molecule has 1 heterocycles. The molecular formula is C26H30ClFN2O5S. The summed E-state index contributed by atoms with van der Waals surface area (Å²) in [5.41, 5.74) is 0.770. The number of hydrogen-bond donors (Lipinski definition) is 0. The van der Waals surface area contributed by atoms with Crippen LogP contribution in [0.5, 0.6) is 0 Å². The molecule has 1 amide bonds.